The van der Waals surface area contributed by atoms with Crippen molar-refractivity contribution < 1.29 is 23.7 Å². The molecule has 0 amide bonds. The van der Waals surface area contributed by atoms with Crippen LogP contribution in [0.1, 0.15) is 73.1 Å². The highest BCUT2D eigenvalue weighted by Crippen LogP contribution is 2.49. The SMILES string of the molecule is C=Cc1cc(-c2cccc(CN(c3ccccc3OC)C3CCC(CC4=CC(c5cc(OC)c(OC)c(C6CC6)c5)=CNC4)CC3)c2)cc(OC)c1OC. The van der Waals surface area contributed by atoms with Crippen LogP contribution in [0.25, 0.3) is 22.8 Å². The van der Waals surface area contributed by atoms with Crippen LogP contribution in [-0.2, 0) is 6.54 Å². The molecule has 0 aromatic heterocycles. The van der Waals surface area contributed by atoms with Gasteiger partial charge >= 0.3 is 0 Å². The zero-order valence-corrected chi connectivity index (χ0v) is 32.5. The van der Waals surface area contributed by atoms with E-state index in [1.165, 1.54) is 53.5 Å². The Morgan fingerprint density at radius 2 is 1.43 bits per heavy atom. The van der Waals surface area contributed by atoms with Gasteiger partial charge in [0.25, 0.3) is 0 Å². The molecule has 7 rings (SSSR count). The molecule has 2 aliphatic carbocycles. The summed E-state index contributed by atoms with van der Waals surface area (Å²) in [5.74, 6) is 5.19. The summed E-state index contributed by atoms with van der Waals surface area (Å²) in [7, 11) is 8.58. The molecule has 7 nitrogen and oxygen atoms in total. The summed E-state index contributed by atoms with van der Waals surface area (Å²) >= 11 is 0. The van der Waals surface area contributed by atoms with E-state index in [4.69, 9.17) is 23.7 Å². The minimum atomic E-state index is 0.399. The van der Waals surface area contributed by atoms with Gasteiger partial charge in [-0.2, -0.15) is 0 Å². The number of hydrogen-bond donors (Lipinski definition) is 1. The highest BCUT2D eigenvalue weighted by Gasteiger charge is 2.31. The maximum Gasteiger partial charge on any atom is 0.167 e. The second-order valence-corrected chi connectivity index (χ2v) is 14.7. The van der Waals surface area contributed by atoms with Gasteiger partial charge < -0.3 is 33.9 Å². The first-order valence-electron chi connectivity index (χ1n) is 19.2. The fourth-order valence-corrected chi connectivity index (χ4v) is 8.43. The predicted octanol–water partition coefficient (Wildman–Crippen LogP) is 10.4. The molecule has 0 spiro atoms. The van der Waals surface area contributed by atoms with Crippen molar-refractivity contribution in [2.45, 2.75) is 63.5 Å². The number of methoxy groups -OCH3 is 5. The quantitative estimate of drug-likeness (QED) is 0.131. The molecule has 7 heteroatoms. The summed E-state index contributed by atoms with van der Waals surface area (Å²) in [6, 6.07) is 26.3. The Balaban J connectivity index is 1.08. The van der Waals surface area contributed by atoms with Crippen LogP contribution in [0.4, 0.5) is 5.69 Å². The Labute approximate surface area is 321 Å². The van der Waals surface area contributed by atoms with Gasteiger partial charge in [0.05, 0.1) is 41.2 Å². The monoisotopic (exact) mass is 726 g/mol. The first-order valence-corrected chi connectivity index (χ1v) is 19.2. The van der Waals surface area contributed by atoms with Gasteiger partial charge in [0.1, 0.15) is 5.75 Å². The lowest BCUT2D eigenvalue weighted by atomic mass is 9.80. The lowest BCUT2D eigenvalue weighted by molar-refractivity contribution is 0.309. The lowest BCUT2D eigenvalue weighted by Gasteiger charge is -2.39. The summed E-state index contributed by atoms with van der Waals surface area (Å²) in [5.41, 5.74) is 10.6. The maximum absolute atomic E-state index is 5.93. The molecular weight excluding hydrogens is 673 g/mol. The molecule has 1 aliphatic heterocycles. The maximum atomic E-state index is 5.93. The van der Waals surface area contributed by atoms with Crippen molar-refractivity contribution >= 4 is 17.3 Å². The standard InChI is InChI=1S/C47H54N2O5/c1-7-34-24-37(26-44(51-3)46(34)53-5)36-12-10-11-32(22-36)30-49(42-13-8-9-14-43(42)50-2)40-19-15-31(16-20-40)21-33-23-39(29-48-28-33)38-25-41(35-17-18-35)47(54-6)45(27-38)52-4/h7-14,22-27,29,31,35,40,48H,1,15-21,28,30H2,2-6H3. The Bertz CT molecular complexity index is 2020. The molecule has 0 bridgehead atoms. The molecule has 4 aromatic carbocycles. The van der Waals surface area contributed by atoms with Gasteiger partial charge in [-0.05, 0) is 127 Å². The van der Waals surface area contributed by atoms with Gasteiger partial charge in [-0.25, -0.2) is 0 Å². The fraction of sp³-hybridized carbons (Fsp3) is 0.362. The summed E-state index contributed by atoms with van der Waals surface area (Å²) in [6.45, 7) is 5.69. The first-order chi connectivity index (χ1) is 26.5. The predicted molar refractivity (Wildman–Crippen MR) is 220 cm³/mol. The van der Waals surface area contributed by atoms with Crippen LogP contribution >= 0.6 is 0 Å². The summed E-state index contributed by atoms with van der Waals surface area (Å²) in [5, 5.41) is 3.58. The second kappa shape index (κ2) is 16.8. The molecule has 2 fully saturated rings. The van der Waals surface area contributed by atoms with Gasteiger partial charge in [0.15, 0.2) is 23.0 Å². The van der Waals surface area contributed by atoms with Crippen LogP contribution in [0.15, 0.2) is 97.2 Å². The van der Waals surface area contributed by atoms with E-state index in [9.17, 15) is 0 Å². The number of nitrogens with zero attached hydrogens (tertiary/aromatic N) is 1. The molecule has 0 unspecified atom stereocenters. The van der Waals surface area contributed by atoms with Crippen molar-refractivity contribution in [3.05, 3.63) is 119 Å². The number of benzene rings is 4. The summed E-state index contributed by atoms with van der Waals surface area (Å²) < 4.78 is 28.8. The average molecular weight is 727 g/mol. The minimum absolute atomic E-state index is 0.399. The number of rotatable bonds is 15. The highest BCUT2D eigenvalue weighted by molar-refractivity contribution is 5.78. The third-order valence-corrected chi connectivity index (χ3v) is 11.3. The van der Waals surface area contributed by atoms with E-state index in [0.717, 1.165) is 72.0 Å². The van der Waals surface area contributed by atoms with E-state index >= 15 is 0 Å². The summed E-state index contributed by atoms with van der Waals surface area (Å²) in [4.78, 5) is 2.58. The van der Waals surface area contributed by atoms with Crippen molar-refractivity contribution in [3.8, 4) is 39.9 Å². The van der Waals surface area contributed by atoms with Crippen LogP contribution in [0.2, 0.25) is 0 Å². The average Bonchev–Trinajstić information content (AvgIpc) is 4.08. The third kappa shape index (κ3) is 7.96. The van der Waals surface area contributed by atoms with E-state index in [1.807, 2.05) is 12.1 Å². The zero-order valence-electron chi connectivity index (χ0n) is 32.5. The fourth-order valence-electron chi connectivity index (χ4n) is 8.43. The van der Waals surface area contributed by atoms with Crippen molar-refractivity contribution in [1.82, 2.24) is 5.32 Å². The van der Waals surface area contributed by atoms with Crippen LogP contribution < -0.4 is 33.9 Å². The van der Waals surface area contributed by atoms with Crippen LogP contribution in [0.5, 0.6) is 28.7 Å². The van der Waals surface area contributed by atoms with Crippen molar-refractivity contribution in [2.75, 3.05) is 47.0 Å². The highest BCUT2D eigenvalue weighted by atomic mass is 16.5. The number of para-hydroxylation sites is 2. The molecule has 0 atom stereocenters. The van der Waals surface area contributed by atoms with Crippen molar-refractivity contribution in [2.24, 2.45) is 5.92 Å². The lowest BCUT2D eigenvalue weighted by Crippen LogP contribution is -2.38. The Morgan fingerprint density at radius 3 is 2.13 bits per heavy atom. The van der Waals surface area contributed by atoms with Gasteiger partial charge in [-0.15, -0.1) is 0 Å². The van der Waals surface area contributed by atoms with Crippen LogP contribution in [0.3, 0.4) is 0 Å². The number of nitrogens with one attached hydrogen (secondary N) is 1. The number of hydrogen-bond acceptors (Lipinski definition) is 7. The van der Waals surface area contributed by atoms with Gasteiger partial charge in [-0.1, -0.05) is 54.6 Å². The van der Waals surface area contributed by atoms with Crippen molar-refractivity contribution in [1.29, 1.82) is 0 Å². The molecule has 0 radical (unpaired) electrons. The molecule has 4 aromatic rings. The smallest absolute Gasteiger partial charge is 0.167 e. The molecule has 1 N–H and O–H groups in total. The Kier molecular flexibility index (Phi) is 11.5. The zero-order chi connectivity index (χ0) is 37.6. The normalized spacial score (nSPS) is 18.1. The topological polar surface area (TPSA) is 61.4 Å². The molecule has 282 valence electrons. The largest absolute Gasteiger partial charge is 0.495 e. The van der Waals surface area contributed by atoms with Crippen LogP contribution in [-0.4, -0.2) is 48.1 Å². The van der Waals surface area contributed by atoms with Gasteiger partial charge in [0, 0.05) is 36.5 Å². The van der Waals surface area contributed by atoms with E-state index in [0.29, 0.717) is 29.4 Å². The number of dihydropyridines is 1. The van der Waals surface area contributed by atoms with Gasteiger partial charge in [-0.3, -0.25) is 0 Å². The third-order valence-electron chi connectivity index (χ3n) is 11.3. The van der Waals surface area contributed by atoms with Crippen LogP contribution in [0, 0.1) is 5.92 Å². The van der Waals surface area contributed by atoms with E-state index < -0.39 is 0 Å². The molecule has 3 aliphatic rings. The Morgan fingerprint density at radius 1 is 0.704 bits per heavy atom. The molecular formula is C47H54N2O5. The molecule has 0 saturated heterocycles. The number of anilines is 1. The molecule has 2 saturated carbocycles. The first kappa shape index (κ1) is 37.0. The Hall–Kier alpha value is -5.30. The summed E-state index contributed by atoms with van der Waals surface area (Å²) in [6.07, 6.45) is 14.5. The second-order valence-electron chi connectivity index (χ2n) is 14.7. The van der Waals surface area contributed by atoms with E-state index in [2.05, 4.69) is 95.8 Å². The van der Waals surface area contributed by atoms with E-state index in [-0.39, 0.29) is 0 Å². The van der Waals surface area contributed by atoms with Gasteiger partial charge in [0.2, 0.25) is 0 Å². The molecule has 1 heterocycles. The minimum Gasteiger partial charge on any atom is -0.495 e. The van der Waals surface area contributed by atoms with Crippen molar-refractivity contribution in [3.63, 3.8) is 0 Å². The van der Waals surface area contributed by atoms with E-state index in [1.54, 1.807) is 35.5 Å². The number of allylic oxidation sites excluding steroid dienone is 2. The number of ether oxygens (including phenoxy) is 5. The molecule has 54 heavy (non-hydrogen) atoms.